The molecule has 4 N–H and O–H groups in total. The zero-order valence-corrected chi connectivity index (χ0v) is 15.6. The van der Waals surface area contributed by atoms with Gasteiger partial charge in [-0.2, -0.15) is 0 Å². The van der Waals surface area contributed by atoms with Crippen molar-refractivity contribution >= 4 is 30.3 Å². The van der Waals surface area contributed by atoms with Crippen LogP contribution in [0.3, 0.4) is 0 Å². The summed E-state index contributed by atoms with van der Waals surface area (Å²) in [6.07, 6.45) is 4.56. The minimum absolute atomic E-state index is 0.00385. The van der Waals surface area contributed by atoms with Crippen LogP contribution in [0.4, 0.5) is 0 Å². The number of allylic oxidation sites excluding steroid dienone is 1. The molecular formula is C21H16N4O2S. The topological polar surface area (TPSA) is 93.3 Å². The molecule has 5 rings (SSSR count). The highest BCUT2D eigenvalue weighted by Crippen LogP contribution is 2.24. The lowest BCUT2D eigenvalue weighted by molar-refractivity contribution is 0.0946. The lowest BCUT2D eigenvalue weighted by atomic mass is 9.95. The van der Waals surface area contributed by atoms with Crippen LogP contribution in [0.15, 0.2) is 47.1 Å². The number of rotatable bonds is 2. The highest BCUT2D eigenvalue weighted by atomic mass is 32.1. The number of benzene rings is 2. The first-order chi connectivity index (χ1) is 13.6. The Kier molecular flexibility index (Phi) is 3.77. The second-order valence-electron chi connectivity index (χ2n) is 6.82. The fraction of sp³-hybridized carbons (Fsp3) is 0.0952. The molecular weight excluding hydrogens is 372 g/mol. The second kappa shape index (κ2) is 6.31. The lowest BCUT2D eigenvalue weighted by Gasteiger charge is -2.17. The number of hydrogen-bond acceptors (Lipinski definition) is 4. The van der Waals surface area contributed by atoms with Gasteiger partial charge in [0.1, 0.15) is 5.69 Å². The van der Waals surface area contributed by atoms with Gasteiger partial charge in [0, 0.05) is 17.3 Å². The molecule has 3 heterocycles. The summed E-state index contributed by atoms with van der Waals surface area (Å²) in [6.45, 7) is 0.676. The number of nitrogens with zero attached hydrogens (tertiary/aromatic N) is 1. The van der Waals surface area contributed by atoms with Gasteiger partial charge in [-0.05, 0) is 65.7 Å². The Hall–Kier alpha value is -3.45. The van der Waals surface area contributed by atoms with Gasteiger partial charge in [-0.1, -0.05) is 18.2 Å². The van der Waals surface area contributed by atoms with Crippen molar-refractivity contribution in [3.8, 4) is 17.0 Å². The molecule has 3 aromatic rings. The van der Waals surface area contributed by atoms with E-state index in [1.165, 1.54) is 0 Å². The van der Waals surface area contributed by atoms with Gasteiger partial charge in [0.15, 0.2) is 4.77 Å². The van der Waals surface area contributed by atoms with E-state index in [0.29, 0.717) is 17.0 Å². The van der Waals surface area contributed by atoms with Crippen LogP contribution < -0.4 is 15.9 Å². The molecule has 2 aliphatic heterocycles. The molecule has 6 nitrogen and oxygen atoms in total. The van der Waals surface area contributed by atoms with E-state index in [9.17, 15) is 9.90 Å². The first kappa shape index (κ1) is 16.7. The van der Waals surface area contributed by atoms with Crippen molar-refractivity contribution in [2.75, 3.05) is 6.54 Å². The predicted octanol–water partition coefficient (Wildman–Crippen LogP) is 2.19. The van der Waals surface area contributed by atoms with Gasteiger partial charge in [0.05, 0.1) is 11.1 Å². The van der Waals surface area contributed by atoms with E-state index in [0.717, 1.165) is 44.9 Å². The summed E-state index contributed by atoms with van der Waals surface area (Å²) in [7, 11) is 0. The average molecular weight is 388 g/mol. The lowest BCUT2D eigenvalue weighted by Crippen LogP contribution is -2.31. The van der Waals surface area contributed by atoms with Gasteiger partial charge in [0.25, 0.3) is 5.91 Å². The maximum absolute atomic E-state index is 11.9. The summed E-state index contributed by atoms with van der Waals surface area (Å²) >= 11 is 4.99. The van der Waals surface area contributed by atoms with Crippen LogP contribution in [0.2, 0.25) is 0 Å². The third-order valence-electron chi connectivity index (χ3n) is 4.97. The Morgan fingerprint density at radius 1 is 1.11 bits per heavy atom. The summed E-state index contributed by atoms with van der Waals surface area (Å²) in [5, 5.41) is 14.6. The van der Waals surface area contributed by atoms with E-state index in [4.69, 9.17) is 12.2 Å². The van der Waals surface area contributed by atoms with E-state index in [-0.39, 0.29) is 11.8 Å². The molecule has 0 saturated carbocycles. The monoisotopic (exact) mass is 388 g/mol. The number of aromatic nitrogens is 2. The molecule has 0 bridgehead atoms. The van der Waals surface area contributed by atoms with E-state index in [1.807, 2.05) is 30.3 Å². The van der Waals surface area contributed by atoms with Crippen LogP contribution in [-0.4, -0.2) is 27.5 Å². The summed E-state index contributed by atoms with van der Waals surface area (Å²) in [5.74, 6) is -0.00782. The minimum Gasteiger partial charge on any atom is -0.493 e. The highest BCUT2D eigenvalue weighted by molar-refractivity contribution is 7.71. The van der Waals surface area contributed by atoms with Gasteiger partial charge < -0.3 is 20.4 Å². The molecule has 0 atom stereocenters. The molecule has 28 heavy (non-hydrogen) atoms. The molecule has 0 unspecified atom stereocenters. The smallest absolute Gasteiger partial charge is 0.251 e. The molecule has 0 fully saturated rings. The minimum atomic E-state index is -0.00397. The summed E-state index contributed by atoms with van der Waals surface area (Å²) in [4.78, 5) is 22.1. The zero-order chi connectivity index (χ0) is 19.3. The number of amides is 1. The number of carbonyl (C=O) groups is 1. The Balaban J connectivity index is 1.54. The van der Waals surface area contributed by atoms with Gasteiger partial charge in [-0.25, -0.2) is 4.99 Å². The number of aromatic hydroxyl groups is 1. The molecule has 0 radical (unpaired) electrons. The SMILES string of the molecule is O=C1NCCc2cc(-c3ccc4c(c3)=C/C(=C/c3[nH]c(=S)[nH]c3O)N=4)ccc21. The van der Waals surface area contributed by atoms with E-state index < -0.39 is 0 Å². The Morgan fingerprint density at radius 2 is 1.93 bits per heavy atom. The van der Waals surface area contributed by atoms with Crippen LogP contribution in [0.5, 0.6) is 5.88 Å². The first-order valence-corrected chi connectivity index (χ1v) is 9.33. The van der Waals surface area contributed by atoms with E-state index in [2.05, 4.69) is 32.4 Å². The number of fused-ring (bicyclic) bond motifs is 2. The van der Waals surface area contributed by atoms with Crippen molar-refractivity contribution in [3.63, 3.8) is 0 Å². The number of imidazole rings is 1. The number of aromatic amines is 2. The van der Waals surface area contributed by atoms with E-state index in [1.54, 1.807) is 6.08 Å². The third kappa shape index (κ3) is 2.86. The van der Waals surface area contributed by atoms with Crippen LogP contribution in [-0.2, 0) is 6.42 Å². The molecule has 0 aliphatic carbocycles. The van der Waals surface area contributed by atoms with Crippen molar-refractivity contribution in [3.05, 3.63) is 74.3 Å². The number of hydrogen-bond donors (Lipinski definition) is 4. The quantitative estimate of drug-likeness (QED) is 0.507. The molecule has 0 saturated heterocycles. The molecule has 2 aliphatic rings. The fourth-order valence-corrected chi connectivity index (χ4v) is 3.81. The number of carbonyl (C=O) groups excluding carboxylic acids is 1. The Morgan fingerprint density at radius 3 is 2.75 bits per heavy atom. The summed E-state index contributed by atoms with van der Waals surface area (Å²) < 4.78 is 0.364. The third-order valence-corrected chi connectivity index (χ3v) is 5.18. The maximum atomic E-state index is 11.9. The van der Waals surface area contributed by atoms with Gasteiger partial charge >= 0.3 is 0 Å². The summed E-state index contributed by atoms with van der Waals surface area (Å²) in [6, 6.07) is 12.1. The van der Waals surface area contributed by atoms with Gasteiger partial charge in [-0.3, -0.25) is 4.79 Å². The average Bonchev–Trinajstić information content (AvgIpc) is 3.22. The molecule has 0 spiro atoms. The van der Waals surface area contributed by atoms with Crippen molar-refractivity contribution < 1.29 is 9.90 Å². The summed E-state index contributed by atoms with van der Waals surface area (Å²) in [5.41, 5.74) is 5.22. The molecule has 1 amide bonds. The van der Waals surface area contributed by atoms with Crippen molar-refractivity contribution in [2.45, 2.75) is 6.42 Å². The van der Waals surface area contributed by atoms with Crippen molar-refractivity contribution in [2.24, 2.45) is 4.99 Å². The van der Waals surface area contributed by atoms with E-state index >= 15 is 0 Å². The van der Waals surface area contributed by atoms with Crippen LogP contribution in [0.25, 0.3) is 23.3 Å². The maximum Gasteiger partial charge on any atom is 0.251 e. The van der Waals surface area contributed by atoms with Crippen LogP contribution in [0, 0.1) is 4.77 Å². The number of nitrogens with one attached hydrogen (secondary N) is 3. The normalized spacial score (nSPS) is 16.1. The Labute approximate surface area is 165 Å². The van der Waals surface area contributed by atoms with Gasteiger partial charge in [-0.15, -0.1) is 0 Å². The van der Waals surface area contributed by atoms with Crippen LogP contribution >= 0.6 is 12.2 Å². The predicted molar refractivity (Wildman–Crippen MR) is 109 cm³/mol. The Bertz CT molecular complexity index is 1350. The zero-order valence-electron chi connectivity index (χ0n) is 14.7. The van der Waals surface area contributed by atoms with Crippen molar-refractivity contribution in [1.82, 2.24) is 15.3 Å². The van der Waals surface area contributed by atoms with Gasteiger partial charge in [0.2, 0.25) is 5.88 Å². The largest absolute Gasteiger partial charge is 0.493 e. The molecule has 2 aromatic carbocycles. The van der Waals surface area contributed by atoms with Crippen molar-refractivity contribution in [1.29, 1.82) is 0 Å². The standard InChI is InChI=1S/C21H16N4O2S/c26-19-16-3-1-11(7-13(16)5-6-22-19)12-2-4-17-14(8-12)9-15(23-17)10-18-20(27)25-21(28)24-18/h1-4,7-10,27H,5-6H2,(H,22,26)(H2,24,25,28)/b15-10-. The number of H-pyrrole nitrogens is 2. The molecule has 1 aromatic heterocycles. The first-order valence-electron chi connectivity index (χ1n) is 8.92. The molecule has 7 heteroatoms. The molecule has 138 valence electrons. The van der Waals surface area contributed by atoms with Crippen LogP contribution in [0.1, 0.15) is 21.6 Å². The second-order valence-corrected chi connectivity index (χ2v) is 7.23. The highest BCUT2D eigenvalue weighted by Gasteiger charge is 2.17. The fourth-order valence-electron chi connectivity index (χ4n) is 3.60.